The molecule has 0 radical (unpaired) electrons. The summed E-state index contributed by atoms with van der Waals surface area (Å²) in [4.78, 5) is 23.8. The third-order valence-electron chi connectivity index (χ3n) is 1.51. The normalized spacial score (nSPS) is 9.62. The molecule has 0 saturated carbocycles. The number of rotatable bonds is 2. The molecule has 0 saturated heterocycles. The van der Waals surface area contributed by atoms with Crippen LogP contribution >= 0.6 is 0 Å². The van der Waals surface area contributed by atoms with Crippen LogP contribution in [0.3, 0.4) is 0 Å². The van der Waals surface area contributed by atoms with Crippen molar-refractivity contribution in [3.8, 4) is 0 Å². The van der Waals surface area contributed by atoms with Crippen molar-refractivity contribution in [2.75, 3.05) is 0 Å². The maximum Gasteiger partial charge on any atom is 0.344 e. The molecule has 1 aromatic heterocycles. The number of hydrogen-bond acceptors (Lipinski definition) is 4. The fourth-order valence-electron chi connectivity index (χ4n) is 0.957. The second-order valence-corrected chi connectivity index (χ2v) is 2.41. The molecule has 0 fully saturated rings. The summed E-state index contributed by atoms with van der Waals surface area (Å²) in [6, 6.07) is 0. The van der Waals surface area contributed by atoms with E-state index in [2.05, 4.69) is 4.98 Å². The molecular formula is C7H6N2O4. The largest absolute Gasteiger partial charge is 0.477 e. The number of aromatic carboxylic acids is 1. The van der Waals surface area contributed by atoms with Gasteiger partial charge in [0.05, 0.1) is 4.92 Å². The lowest BCUT2D eigenvalue weighted by Crippen LogP contribution is -2.04. The maximum atomic E-state index is 10.5. The number of carboxylic acids is 1. The van der Waals surface area contributed by atoms with Crippen LogP contribution in [0.4, 0.5) is 5.69 Å². The van der Waals surface area contributed by atoms with Crippen LogP contribution in [-0.2, 0) is 0 Å². The highest BCUT2D eigenvalue weighted by Gasteiger charge is 2.22. The zero-order valence-corrected chi connectivity index (χ0v) is 6.72. The summed E-state index contributed by atoms with van der Waals surface area (Å²) in [7, 11) is 0. The van der Waals surface area contributed by atoms with E-state index in [4.69, 9.17) is 5.11 Å². The number of carbonyl (C=O) groups is 1. The quantitative estimate of drug-likeness (QED) is 0.543. The summed E-state index contributed by atoms with van der Waals surface area (Å²) >= 11 is 0. The number of aryl methyl sites for hydroxylation is 1. The van der Waals surface area contributed by atoms with Crippen LogP contribution in [0.5, 0.6) is 0 Å². The lowest BCUT2D eigenvalue weighted by Gasteiger charge is -1.98. The average molecular weight is 182 g/mol. The van der Waals surface area contributed by atoms with Crippen LogP contribution in [0.15, 0.2) is 12.4 Å². The molecule has 0 aliphatic rings. The SMILES string of the molecule is Cc1cncc(C(=O)O)c1[N+](=O)[O-]. The second kappa shape index (κ2) is 3.18. The molecule has 13 heavy (non-hydrogen) atoms. The Balaban J connectivity index is 3.43. The first kappa shape index (κ1) is 9.11. The van der Waals surface area contributed by atoms with E-state index in [1.165, 1.54) is 13.1 Å². The van der Waals surface area contributed by atoms with E-state index in [0.29, 0.717) is 0 Å². The van der Waals surface area contributed by atoms with Crippen LogP contribution in [0, 0.1) is 17.0 Å². The number of nitro groups is 1. The van der Waals surface area contributed by atoms with Gasteiger partial charge < -0.3 is 5.11 Å². The van der Waals surface area contributed by atoms with Gasteiger partial charge in [-0.1, -0.05) is 0 Å². The molecule has 0 aliphatic carbocycles. The summed E-state index contributed by atoms with van der Waals surface area (Å²) in [6.45, 7) is 1.44. The molecule has 1 aromatic rings. The van der Waals surface area contributed by atoms with Gasteiger partial charge in [-0.25, -0.2) is 4.79 Å². The van der Waals surface area contributed by atoms with Gasteiger partial charge in [0, 0.05) is 18.0 Å². The minimum Gasteiger partial charge on any atom is -0.477 e. The van der Waals surface area contributed by atoms with Gasteiger partial charge in [0.15, 0.2) is 5.56 Å². The molecule has 0 unspecified atom stereocenters. The van der Waals surface area contributed by atoms with Gasteiger partial charge in [-0.3, -0.25) is 15.1 Å². The number of nitrogens with zero attached hydrogens (tertiary/aromatic N) is 2. The summed E-state index contributed by atoms with van der Waals surface area (Å²) in [5, 5.41) is 19.1. The van der Waals surface area contributed by atoms with E-state index in [-0.39, 0.29) is 11.1 Å². The Morgan fingerprint density at radius 2 is 2.23 bits per heavy atom. The monoisotopic (exact) mass is 182 g/mol. The zero-order chi connectivity index (χ0) is 10.0. The van der Waals surface area contributed by atoms with E-state index < -0.39 is 16.6 Å². The highest BCUT2D eigenvalue weighted by molar-refractivity contribution is 5.92. The van der Waals surface area contributed by atoms with Crippen molar-refractivity contribution in [3.05, 3.63) is 33.6 Å². The Morgan fingerprint density at radius 3 is 2.62 bits per heavy atom. The predicted octanol–water partition coefficient (Wildman–Crippen LogP) is 0.996. The van der Waals surface area contributed by atoms with E-state index in [1.54, 1.807) is 0 Å². The van der Waals surface area contributed by atoms with Crippen molar-refractivity contribution in [1.29, 1.82) is 0 Å². The number of hydrogen-bond donors (Lipinski definition) is 1. The smallest absolute Gasteiger partial charge is 0.344 e. The first-order valence-electron chi connectivity index (χ1n) is 3.36. The van der Waals surface area contributed by atoms with E-state index >= 15 is 0 Å². The van der Waals surface area contributed by atoms with E-state index in [0.717, 1.165) is 6.20 Å². The number of carboxylic acid groups (broad SMARTS) is 1. The van der Waals surface area contributed by atoms with Gasteiger partial charge in [-0.2, -0.15) is 0 Å². The molecule has 6 heteroatoms. The Hall–Kier alpha value is -1.98. The molecule has 0 aliphatic heterocycles. The van der Waals surface area contributed by atoms with Crippen molar-refractivity contribution in [2.24, 2.45) is 0 Å². The lowest BCUT2D eigenvalue weighted by atomic mass is 10.1. The van der Waals surface area contributed by atoms with Crippen LogP contribution in [0.2, 0.25) is 0 Å². The topological polar surface area (TPSA) is 93.3 Å². The van der Waals surface area contributed by atoms with Crippen LogP contribution in [0.1, 0.15) is 15.9 Å². The van der Waals surface area contributed by atoms with Crippen LogP contribution in [-0.4, -0.2) is 21.0 Å². The van der Waals surface area contributed by atoms with Crippen molar-refractivity contribution in [2.45, 2.75) is 6.92 Å². The molecule has 1 heterocycles. The van der Waals surface area contributed by atoms with E-state index in [1.807, 2.05) is 0 Å². The van der Waals surface area contributed by atoms with Gasteiger partial charge in [-0.05, 0) is 6.92 Å². The summed E-state index contributed by atoms with van der Waals surface area (Å²) in [6.07, 6.45) is 2.22. The van der Waals surface area contributed by atoms with Crippen molar-refractivity contribution < 1.29 is 14.8 Å². The molecule has 68 valence electrons. The third kappa shape index (κ3) is 1.61. The van der Waals surface area contributed by atoms with Gasteiger partial charge >= 0.3 is 5.97 Å². The number of aromatic nitrogens is 1. The Morgan fingerprint density at radius 1 is 1.62 bits per heavy atom. The summed E-state index contributed by atoms with van der Waals surface area (Å²) < 4.78 is 0. The first-order chi connectivity index (χ1) is 6.04. The van der Waals surface area contributed by atoms with Crippen LogP contribution in [0.25, 0.3) is 0 Å². The standard InChI is InChI=1S/C7H6N2O4/c1-4-2-8-3-5(7(10)11)6(4)9(12)13/h2-3H,1H3,(H,10,11). The fraction of sp³-hybridized carbons (Fsp3) is 0.143. The van der Waals surface area contributed by atoms with Crippen LogP contribution < -0.4 is 0 Å². The third-order valence-corrected chi connectivity index (χ3v) is 1.51. The molecule has 0 aromatic carbocycles. The lowest BCUT2D eigenvalue weighted by molar-refractivity contribution is -0.385. The molecule has 6 nitrogen and oxygen atoms in total. The minimum absolute atomic E-state index is 0.241. The highest BCUT2D eigenvalue weighted by atomic mass is 16.6. The maximum absolute atomic E-state index is 10.5. The van der Waals surface area contributed by atoms with Gasteiger partial charge in [0.2, 0.25) is 0 Å². The first-order valence-corrected chi connectivity index (χ1v) is 3.36. The molecule has 0 atom stereocenters. The van der Waals surface area contributed by atoms with Gasteiger partial charge in [0.25, 0.3) is 5.69 Å². The molecule has 1 rings (SSSR count). The fourth-order valence-corrected chi connectivity index (χ4v) is 0.957. The molecule has 0 amide bonds. The zero-order valence-electron chi connectivity index (χ0n) is 6.72. The van der Waals surface area contributed by atoms with Crippen molar-refractivity contribution in [1.82, 2.24) is 4.98 Å². The number of pyridine rings is 1. The Kier molecular flexibility index (Phi) is 2.23. The summed E-state index contributed by atoms with van der Waals surface area (Å²) in [5.41, 5.74) is -0.544. The Bertz CT molecular complexity index is 375. The molecular weight excluding hydrogens is 176 g/mol. The summed E-state index contributed by atoms with van der Waals surface area (Å²) in [5.74, 6) is -1.34. The Labute approximate surface area is 73.0 Å². The average Bonchev–Trinajstić information content (AvgIpc) is 2.02. The second-order valence-electron chi connectivity index (χ2n) is 2.41. The van der Waals surface area contributed by atoms with Crippen molar-refractivity contribution in [3.63, 3.8) is 0 Å². The molecule has 0 bridgehead atoms. The highest BCUT2D eigenvalue weighted by Crippen LogP contribution is 2.21. The molecule has 1 N–H and O–H groups in total. The minimum atomic E-state index is -1.34. The predicted molar refractivity (Wildman–Crippen MR) is 42.6 cm³/mol. The molecule has 0 spiro atoms. The van der Waals surface area contributed by atoms with E-state index in [9.17, 15) is 14.9 Å². The van der Waals surface area contributed by atoms with Gasteiger partial charge in [-0.15, -0.1) is 0 Å². The van der Waals surface area contributed by atoms with Crippen molar-refractivity contribution >= 4 is 11.7 Å². The van der Waals surface area contributed by atoms with Gasteiger partial charge in [0.1, 0.15) is 0 Å².